The van der Waals surface area contributed by atoms with Gasteiger partial charge < -0.3 is 9.52 Å². The van der Waals surface area contributed by atoms with Crippen LogP contribution in [0.2, 0.25) is 0 Å². The van der Waals surface area contributed by atoms with Crippen LogP contribution in [0.5, 0.6) is 5.75 Å². The predicted molar refractivity (Wildman–Crippen MR) is 106 cm³/mol. The Bertz CT molecular complexity index is 1250. The molecule has 3 heteroatoms. The molecule has 0 atom stereocenters. The minimum absolute atomic E-state index is 0.220. The van der Waals surface area contributed by atoms with Gasteiger partial charge in [-0.3, -0.25) is 0 Å². The highest BCUT2D eigenvalue weighted by Crippen LogP contribution is 2.43. The first-order chi connectivity index (χ1) is 12.2. The highest BCUT2D eigenvalue weighted by molar-refractivity contribution is 9.10. The maximum absolute atomic E-state index is 10.5. The Morgan fingerprint density at radius 2 is 1.48 bits per heavy atom. The largest absolute Gasteiger partial charge is 0.507 e. The molecule has 0 radical (unpaired) electrons. The van der Waals surface area contributed by atoms with E-state index in [1.165, 1.54) is 0 Å². The molecule has 5 aromatic rings. The Kier molecular flexibility index (Phi) is 3.12. The summed E-state index contributed by atoms with van der Waals surface area (Å²) in [4.78, 5) is 0. The van der Waals surface area contributed by atoms with Crippen molar-refractivity contribution in [2.75, 3.05) is 0 Å². The van der Waals surface area contributed by atoms with Gasteiger partial charge in [-0.05, 0) is 34.7 Å². The monoisotopic (exact) mass is 388 g/mol. The van der Waals surface area contributed by atoms with Gasteiger partial charge in [-0.1, -0.05) is 70.5 Å². The molecule has 1 heterocycles. The van der Waals surface area contributed by atoms with Gasteiger partial charge in [0.15, 0.2) is 0 Å². The van der Waals surface area contributed by atoms with Crippen LogP contribution in [0.4, 0.5) is 0 Å². The van der Waals surface area contributed by atoms with E-state index in [-0.39, 0.29) is 5.75 Å². The lowest BCUT2D eigenvalue weighted by atomic mass is 9.95. The van der Waals surface area contributed by atoms with Crippen LogP contribution in [0.3, 0.4) is 0 Å². The summed E-state index contributed by atoms with van der Waals surface area (Å²) in [5.74, 6) is 0.220. The molecule has 25 heavy (non-hydrogen) atoms. The van der Waals surface area contributed by atoms with Gasteiger partial charge in [0.2, 0.25) is 0 Å². The van der Waals surface area contributed by atoms with Crippen molar-refractivity contribution >= 4 is 48.6 Å². The molecule has 0 spiro atoms. The van der Waals surface area contributed by atoms with Gasteiger partial charge in [-0.2, -0.15) is 0 Å². The van der Waals surface area contributed by atoms with Crippen LogP contribution in [-0.4, -0.2) is 5.11 Å². The van der Waals surface area contributed by atoms with Crippen molar-refractivity contribution in [1.29, 1.82) is 0 Å². The third kappa shape index (κ3) is 2.16. The van der Waals surface area contributed by atoms with Crippen LogP contribution in [0, 0.1) is 0 Å². The number of phenols is 1. The topological polar surface area (TPSA) is 33.4 Å². The zero-order valence-electron chi connectivity index (χ0n) is 13.2. The van der Waals surface area contributed by atoms with Crippen LogP contribution in [-0.2, 0) is 0 Å². The van der Waals surface area contributed by atoms with Gasteiger partial charge in [-0.25, -0.2) is 0 Å². The number of benzene rings is 4. The fourth-order valence-corrected chi connectivity index (χ4v) is 3.95. The van der Waals surface area contributed by atoms with Crippen molar-refractivity contribution in [1.82, 2.24) is 0 Å². The first-order valence-corrected chi connectivity index (χ1v) is 8.83. The molecule has 0 aliphatic carbocycles. The molecule has 0 bridgehead atoms. The van der Waals surface area contributed by atoms with Gasteiger partial charge >= 0.3 is 0 Å². The van der Waals surface area contributed by atoms with Crippen molar-refractivity contribution in [3.8, 4) is 16.9 Å². The minimum atomic E-state index is 0.220. The Morgan fingerprint density at radius 1 is 0.760 bits per heavy atom. The van der Waals surface area contributed by atoms with Gasteiger partial charge in [0.25, 0.3) is 0 Å². The molecule has 1 aromatic heterocycles. The summed E-state index contributed by atoms with van der Waals surface area (Å²) in [6.45, 7) is 0. The van der Waals surface area contributed by atoms with Crippen LogP contribution >= 0.6 is 15.9 Å². The first-order valence-electron chi connectivity index (χ1n) is 8.04. The summed E-state index contributed by atoms with van der Waals surface area (Å²) in [5, 5.41) is 14.3. The first kappa shape index (κ1) is 14.6. The van der Waals surface area contributed by atoms with E-state index in [4.69, 9.17) is 4.42 Å². The van der Waals surface area contributed by atoms with Crippen molar-refractivity contribution in [2.24, 2.45) is 0 Å². The standard InChI is InChI=1S/C22H13BrO2/c23-14-10-19(24)21-18-12-17(13-6-2-1-3-7-13)15-8-4-5-9-16(15)22(18)25-20(21)11-14/h1-12,24H. The number of halogens is 1. The number of rotatable bonds is 1. The fourth-order valence-electron chi connectivity index (χ4n) is 3.53. The number of phenolic OH excluding ortho intramolecular Hbond substituents is 1. The maximum atomic E-state index is 10.5. The van der Waals surface area contributed by atoms with E-state index < -0.39 is 0 Å². The highest BCUT2D eigenvalue weighted by Gasteiger charge is 2.17. The van der Waals surface area contributed by atoms with Crippen LogP contribution in [0.1, 0.15) is 0 Å². The molecular formula is C22H13BrO2. The second kappa shape index (κ2) is 5.36. The average molecular weight is 389 g/mol. The highest BCUT2D eigenvalue weighted by atomic mass is 79.9. The van der Waals surface area contributed by atoms with Crippen LogP contribution < -0.4 is 0 Å². The van der Waals surface area contributed by atoms with Gasteiger partial charge in [0.05, 0.1) is 5.39 Å². The van der Waals surface area contributed by atoms with E-state index in [0.717, 1.165) is 42.7 Å². The predicted octanol–water partition coefficient (Wildman–Crippen LogP) is 6.87. The molecule has 5 rings (SSSR count). The van der Waals surface area contributed by atoms with Crippen LogP contribution in [0.15, 0.2) is 81.7 Å². The van der Waals surface area contributed by atoms with E-state index in [1.807, 2.05) is 36.4 Å². The average Bonchev–Trinajstić information content (AvgIpc) is 3.00. The summed E-state index contributed by atoms with van der Waals surface area (Å²) in [6, 6.07) is 24.2. The number of hydrogen-bond acceptors (Lipinski definition) is 2. The maximum Gasteiger partial charge on any atom is 0.143 e. The molecule has 2 nitrogen and oxygen atoms in total. The summed E-state index contributed by atoms with van der Waals surface area (Å²) in [6.07, 6.45) is 0. The SMILES string of the molecule is Oc1cc(Br)cc2oc3c4ccccc4c(-c4ccccc4)cc3c12. The van der Waals surface area contributed by atoms with Gasteiger partial charge in [0, 0.05) is 15.2 Å². The third-order valence-corrected chi connectivity index (χ3v) is 5.07. The van der Waals surface area contributed by atoms with E-state index in [2.05, 4.69) is 46.3 Å². The third-order valence-electron chi connectivity index (χ3n) is 4.61. The smallest absolute Gasteiger partial charge is 0.143 e. The number of fused-ring (bicyclic) bond motifs is 5. The Labute approximate surface area is 152 Å². The molecule has 0 amide bonds. The van der Waals surface area contributed by atoms with E-state index in [1.54, 1.807) is 6.07 Å². The number of hydrogen-bond donors (Lipinski definition) is 1. The Morgan fingerprint density at radius 3 is 2.28 bits per heavy atom. The molecule has 4 aromatic carbocycles. The van der Waals surface area contributed by atoms with Crippen molar-refractivity contribution in [2.45, 2.75) is 0 Å². The summed E-state index contributed by atoms with van der Waals surface area (Å²) < 4.78 is 6.92. The van der Waals surface area contributed by atoms with Crippen LogP contribution in [0.25, 0.3) is 43.8 Å². The summed E-state index contributed by atoms with van der Waals surface area (Å²) in [5.41, 5.74) is 3.76. The molecule has 1 N–H and O–H groups in total. The summed E-state index contributed by atoms with van der Waals surface area (Å²) in [7, 11) is 0. The number of aromatic hydroxyl groups is 1. The lowest BCUT2D eigenvalue weighted by Gasteiger charge is -2.08. The van der Waals surface area contributed by atoms with E-state index in [9.17, 15) is 5.11 Å². The normalized spacial score (nSPS) is 11.6. The molecule has 0 saturated heterocycles. The van der Waals surface area contributed by atoms with Crippen molar-refractivity contribution in [3.63, 3.8) is 0 Å². The zero-order chi connectivity index (χ0) is 17.0. The molecule has 120 valence electrons. The van der Waals surface area contributed by atoms with Gasteiger partial charge in [0.1, 0.15) is 16.9 Å². The molecule has 0 aliphatic rings. The quantitative estimate of drug-likeness (QED) is 0.339. The van der Waals surface area contributed by atoms with Gasteiger partial charge in [-0.15, -0.1) is 0 Å². The van der Waals surface area contributed by atoms with E-state index in [0.29, 0.717) is 5.58 Å². The fraction of sp³-hybridized carbons (Fsp3) is 0. The Hall–Kier alpha value is -2.78. The minimum Gasteiger partial charge on any atom is -0.507 e. The number of furan rings is 1. The zero-order valence-corrected chi connectivity index (χ0v) is 14.7. The molecule has 0 fully saturated rings. The lowest BCUT2D eigenvalue weighted by molar-refractivity contribution is 0.481. The molecular weight excluding hydrogens is 376 g/mol. The Balaban J connectivity index is 2.02. The van der Waals surface area contributed by atoms with E-state index >= 15 is 0 Å². The second-order valence-electron chi connectivity index (χ2n) is 6.11. The van der Waals surface area contributed by atoms with Crippen molar-refractivity contribution < 1.29 is 9.52 Å². The molecule has 0 saturated carbocycles. The summed E-state index contributed by atoms with van der Waals surface area (Å²) >= 11 is 3.42. The lowest BCUT2D eigenvalue weighted by Crippen LogP contribution is -1.82. The molecule has 0 unspecified atom stereocenters. The second-order valence-corrected chi connectivity index (χ2v) is 7.03. The van der Waals surface area contributed by atoms with Crippen molar-refractivity contribution in [3.05, 3.63) is 77.3 Å². The molecule has 0 aliphatic heterocycles.